The first-order valence-corrected chi connectivity index (χ1v) is 7.85. The third-order valence-electron chi connectivity index (χ3n) is 4.21. The van der Waals surface area contributed by atoms with Gasteiger partial charge in [-0.2, -0.15) is 5.26 Å². The number of piperazine rings is 1. The highest BCUT2D eigenvalue weighted by Gasteiger charge is 2.25. The normalized spacial score (nSPS) is 22.2. The Morgan fingerprint density at radius 1 is 1.35 bits per heavy atom. The van der Waals surface area contributed by atoms with E-state index < -0.39 is 0 Å². The zero-order chi connectivity index (χ0) is 14.4. The van der Waals surface area contributed by atoms with Gasteiger partial charge in [0.15, 0.2) is 0 Å². The predicted octanol–water partition coefficient (Wildman–Crippen LogP) is 0.822. The monoisotopic (exact) mass is 278 g/mol. The van der Waals surface area contributed by atoms with Gasteiger partial charge >= 0.3 is 0 Å². The van der Waals surface area contributed by atoms with Crippen molar-refractivity contribution in [3.63, 3.8) is 0 Å². The molecular weight excluding hydrogens is 252 g/mol. The lowest BCUT2D eigenvalue weighted by atomic mass is 10.1. The van der Waals surface area contributed by atoms with E-state index in [0.29, 0.717) is 6.54 Å². The van der Waals surface area contributed by atoms with Gasteiger partial charge in [-0.05, 0) is 25.2 Å². The molecule has 0 aromatic rings. The Balaban J connectivity index is 1.65. The van der Waals surface area contributed by atoms with E-state index in [1.165, 1.54) is 12.8 Å². The summed E-state index contributed by atoms with van der Waals surface area (Å²) in [6, 6.07) is 2.44. The molecule has 5 nitrogen and oxygen atoms in total. The molecule has 2 aliphatic rings. The van der Waals surface area contributed by atoms with Crippen LogP contribution in [0.25, 0.3) is 0 Å². The smallest absolute Gasteiger partial charge is 0.234 e. The van der Waals surface area contributed by atoms with E-state index in [9.17, 15) is 10.1 Å². The van der Waals surface area contributed by atoms with Gasteiger partial charge in [0.05, 0.1) is 18.7 Å². The Labute approximate surface area is 121 Å². The van der Waals surface area contributed by atoms with Gasteiger partial charge < -0.3 is 5.32 Å². The number of carbonyl (C=O) groups excluding carboxylic acids is 1. The summed E-state index contributed by atoms with van der Waals surface area (Å²) in [4.78, 5) is 16.2. The summed E-state index contributed by atoms with van der Waals surface area (Å²) >= 11 is 0. The van der Waals surface area contributed by atoms with Gasteiger partial charge in [0, 0.05) is 32.7 Å². The molecule has 0 aromatic carbocycles. The minimum absolute atomic E-state index is 0.0471. The maximum absolute atomic E-state index is 11.8. The minimum atomic E-state index is 0.0471. The summed E-state index contributed by atoms with van der Waals surface area (Å²) in [5.74, 6) is 0.886. The lowest BCUT2D eigenvalue weighted by Gasteiger charge is -2.36. The molecule has 20 heavy (non-hydrogen) atoms. The van der Waals surface area contributed by atoms with Gasteiger partial charge in [0.1, 0.15) is 0 Å². The van der Waals surface area contributed by atoms with E-state index in [1.54, 1.807) is 0 Å². The van der Waals surface area contributed by atoms with Gasteiger partial charge in [-0.25, -0.2) is 0 Å². The van der Waals surface area contributed by atoms with Crippen LogP contribution in [0, 0.1) is 17.2 Å². The van der Waals surface area contributed by atoms with E-state index in [-0.39, 0.29) is 11.9 Å². The predicted molar refractivity (Wildman–Crippen MR) is 78.1 cm³/mol. The summed E-state index contributed by atoms with van der Waals surface area (Å²) in [6.45, 7) is 7.04. The van der Waals surface area contributed by atoms with Crippen LogP contribution in [0.2, 0.25) is 0 Å². The number of rotatable bonds is 7. The number of amides is 1. The molecule has 2 fully saturated rings. The molecule has 0 spiro atoms. The topological polar surface area (TPSA) is 59.4 Å². The van der Waals surface area contributed by atoms with Gasteiger partial charge in [-0.3, -0.25) is 14.6 Å². The molecule has 1 atom stereocenters. The number of nitrogens with one attached hydrogen (secondary N) is 1. The van der Waals surface area contributed by atoms with E-state index in [1.807, 2.05) is 0 Å². The molecule has 1 heterocycles. The molecule has 1 saturated heterocycles. The Hall–Kier alpha value is -1.12. The van der Waals surface area contributed by atoms with Crippen molar-refractivity contribution in [2.75, 3.05) is 39.3 Å². The molecule has 112 valence electrons. The van der Waals surface area contributed by atoms with Crippen LogP contribution in [0.4, 0.5) is 0 Å². The van der Waals surface area contributed by atoms with Crippen molar-refractivity contribution in [2.45, 2.75) is 38.6 Å². The zero-order valence-electron chi connectivity index (χ0n) is 12.5. The van der Waals surface area contributed by atoms with Crippen LogP contribution in [0.3, 0.4) is 0 Å². The number of hydrogen-bond acceptors (Lipinski definition) is 4. The molecule has 1 aliphatic heterocycles. The van der Waals surface area contributed by atoms with Crippen LogP contribution >= 0.6 is 0 Å². The van der Waals surface area contributed by atoms with Crippen LogP contribution in [0.5, 0.6) is 0 Å². The fourth-order valence-corrected chi connectivity index (χ4v) is 2.67. The summed E-state index contributed by atoms with van der Waals surface area (Å²) in [5, 5.41) is 12.2. The average molecular weight is 278 g/mol. The zero-order valence-corrected chi connectivity index (χ0v) is 12.5. The molecule has 1 aliphatic carbocycles. The van der Waals surface area contributed by atoms with E-state index in [4.69, 9.17) is 0 Å². The van der Waals surface area contributed by atoms with Gasteiger partial charge in [-0.1, -0.05) is 13.3 Å². The summed E-state index contributed by atoms with van der Waals surface area (Å²) in [5.41, 5.74) is 0. The summed E-state index contributed by atoms with van der Waals surface area (Å²) in [7, 11) is 0. The maximum atomic E-state index is 11.8. The SMILES string of the molecule is CCCC(C#N)N1CCN(CC(=O)NCC2CC2)CC1. The molecule has 1 saturated carbocycles. The third-order valence-corrected chi connectivity index (χ3v) is 4.21. The van der Waals surface area contributed by atoms with Crippen LogP contribution < -0.4 is 5.32 Å². The number of nitriles is 1. The van der Waals surface area contributed by atoms with Crippen molar-refractivity contribution in [2.24, 2.45) is 5.92 Å². The van der Waals surface area contributed by atoms with E-state index in [2.05, 4.69) is 28.1 Å². The highest BCUT2D eigenvalue weighted by Crippen LogP contribution is 2.27. The molecule has 1 unspecified atom stereocenters. The molecule has 0 aromatic heterocycles. The van der Waals surface area contributed by atoms with E-state index in [0.717, 1.165) is 51.5 Å². The van der Waals surface area contributed by atoms with Gasteiger partial charge in [-0.15, -0.1) is 0 Å². The van der Waals surface area contributed by atoms with Crippen molar-refractivity contribution in [1.82, 2.24) is 15.1 Å². The van der Waals surface area contributed by atoms with Gasteiger partial charge in [0.25, 0.3) is 0 Å². The maximum Gasteiger partial charge on any atom is 0.234 e. The van der Waals surface area contributed by atoms with Gasteiger partial charge in [0.2, 0.25) is 5.91 Å². The minimum Gasteiger partial charge on any atom is -0.355 e. The Morgan fingerprint density at radius 2 is 2.05 bits per heavy atom. The fraction of sp³-hybridized carbons (Fsp3) is 0.867. The standard InChI is InChI=1S/C15H26N4O/c1-2-3-14(10-16)19-8-6-18(7-9-19)12-15(20)17-11-13-4-5-13/h13-14H,2-9,11-12H2,1H3,(H,17,20). The Kier molecular flexibility index (Phi) is 5.81. The Morgan fingerprint density at radius 3 is 2.60 bits per heavy atom. The largest absolute Gasteiger partial charge is 0.355 e. The lowest BCUT2D eigenvalue weighted by Crippen LogP contribution is -2.52. The summed E-state index contributed by atoms with van der Waals surface area (Å²) in [6.07, 6.45) is 4.53. The highest BCUT2D eigenvalue weighted by atomic mass is 16.2. The highest BCUT2D eigenvalue weighted by molar-refractivity contribution is 5.78. The second kappa shape index (κ2) is 7.61. The van der Waals surface area contributed by atoms with Crippen LogP contribution in [0.1, 0.15) is 32.6 Å². The number of carbonyl (C=O) groups is 1. The van der Waals surface area contributed by atoms with Crippen LogP contribution in [-0.4, -0.2) is 61.0 Å². The quantitative estimate of drug-likeness (QED) is 0.749. The average Bonchev–Trinajstić information content (AvgIpc) is 3.28. The first-order valence-electron chi connectivity index (χ1n) is 7.85. The molecule has 2 rings (SSSR count). The first kappa shape index (κ1) is 15.3. The molecular formula is C15H26N4O. The van der Waals surface area contributed by atoms with Crippen LogP contribution in [-0.2, 0) is 4.79 Å². The van der Waals surface area contributed by atoms with Crippen molar-refractivity contribution < 1.29 is 4.79 Å². The molecule has 0 bridgehead atoms. The van der Waals surface area contributed by atoms with Crippen molar-refractivity contribution in [3.05, 3.63) is 0 Å². The molecule has 5 heteroatoms. The fourth-order valence-electron chi connectivity index (χ4n) is 2.67. The Bertz CT molecular complexity index is 353. The number of nitrogens with zero attached hydrogens (tertiary/aromatic N) is 3. The molecule has 0 radical (unpaired) electrons. The first-order chi connectivity index (χ1) is 9.72. The van der Waals surface area contributed by atoms with Crippen LogP contribution in [0.15, 0.2) is 0 Å². The number of hydrogen-bond donors (Lipinski definition) is 1. The second-order valence-corrected chi connectivity index (χ2v) is 5.99. The molecule has 1 N–H and O–H groups in total. The van der Waals surface area contributed by atoms with Crippen molar-refractivity contribution in [1.29, 1.82) is 5.26 Å². The van der Waals surface area contributed by atoms with Crippen molar-refractivity contribution in [3.8, 4) is 6.07 Å². The third kappa shape index (κ3) is 4.77. The lowest BCUT2D eigenvalue weighted by molar-refractivity contribution is -0.122. The van der Waals surface area contributed by atoms with Crippen molar-refractivity contribution >= 4 is 5.91 Å². The second-order valence-electron chi connectivity index (χ2n) is 5.99. The summed E-state index contributed by atoms with van der Waals surface area (Å²) < 4.78 is 0. The molecule has 1 amide bonds. The van der Waals surface area contributed by atoms with E-state index >= 15 is 0 Å².